The van der Waals surface area contributed by atoms with Crippen LogP contribution >= 0.6 is 0 Å². The second kappa shape index (κ2) is 6.52. The maximum absolute atomic E-state index is 6.05. The van der Waals surface area contributed by atoms with Crippen molar-refractivity contribution in [1.82, 2.24) is 15.0 Å². The standard InChI is InChI=1S/C15H22N4O/c1-4-5-13(16)14-10-19(18-17-14)9-12-8-11(2)6-7-15(12)20-3/h6-8,10,13H,4-5,9,16H2,1-3H3. The SMILES string of the molecule is CCCC(N)c1cn(Cc2cc(C)ccc2OC)nn1. The molecule has 1 aromatic carbocycles. The molecule has 0 aliphatic rings. The van der Waals surface area contributed by atoms with E-state index in [4.69, 9.17) is 10.5 Å². The summed E-state index contributed by atoms with van der Waals surface area (Å²) in [4.78, 5) is 0. The lowest BCUT2D eigenvalue weighted by molar-refractivity contribution is 0.407. The van der Waals surface area contributed by atoms with E-state index in [1.54, 1.807) is 7.11 Å². The third-order valence-electron chi connectivity index (χ3n) is 3.30. The van der Waals surface area contributed by atoms with E-state index >= 15 is 0 Å². The Morgan fingerprint density at radius 3 is 2.90 bits per heavy atom. The van der Waals surface area contributed by atoms with Gasteiger partial charge in [-0.1, -0.05) is 36.3 Å². The van der Waals surface area contributed by atoms with Gasteiger partial charge in [0.15, 0.2) is 0 Å². The molecule has 0 spiro atoms. The molecule has 0 bridgehead atoms. The van der Waals surface area contributed by atoms with Crippen LogP contribution in [0, 0.1) is 6.92 Å². The number of rotatable bonds is 6. The molecule has 0 aliphatic heterocycles. The summed E-state index contributed by atoms with van der Waals surface area (Å²) in [5.41, 5.74) is 9.19. The number of hydrogen-bond donors (Lipinski definition) is 1. The minimum Gasteiger partial charge on any atom is -0.496 e. The molecule has 0 amide bonds. The Bertz CT molecular complexity index is 565. The lowest BCUT2D eigenvalue weighted by atomic mass is 10.1. The van der Waals surface area contributed by atoms with E-state index in [1.807, 2.05) is 23.0 Å². The first-order valence-electron chi connectivity index (χ1n) is 6.93. The minimum atomic E-state index is -0.0341. The molecule has 20 heavy (non-hydrogen) atoms. The maximum atomic E-state index is 6.05. The number of ether oxygens (including phenoxy) is 1. The number of aromatic nitrogens is 3. The van der Waals surface area contributed by atoms with Crippen molar-refractivity contribution in [2.45, 2.75) is 39.3 Å². The van der Waals surface area contributed by atoms with Gasteiger partial charge in [0.05, 0.1) is 31.6 Å². The predicted octanol–water partition coefficient (Wildman–Crippen LogP) is 2.44. The van der Waals surface area contributed by atoms with Crippen LogP contribution in [0.15, 0.2) is 24.4 Å². The van der Waals surface area contributed by atoms with Gasteiger partial charge in [-0.05, 0) is 19.4 Å². The highest BCUT2D eigenvalue weighted by Gasteiger charge is 2.11. The highest BCUT2D eigenvalue weighted by molar-refractivity contribution is 5.36. The van der Waals surface area contributed by atoms with Crippen LogP contribution in [0.4, 0.5) is 0 Å². The molecular weight excluding hydrogens is 252 g/mol. The molecule has 1 atom stereocenters. The Hall–Kier alpha value is -1.88. The molecule has 1 unspecified atom stereocenters. The van der Waals surface area contributed by atoms with Crippen molar-refractivity contribution in [1.29, 1.82) is 0 Å². The summed E-state index contributed by atoms with van der Waals surface area (Å²) in [6.45, 7) is 4.81. The highest BCUT2D eigenvalue weighted by Crippen LogP contribution is 2.21. The molecule has 2 rings (SSSR count). The minimum absolute atomic E-state index is 0.0341. The third kappa shape index (κ3) is 3.36. The quantitative estimate of drug-likeness (QED) is 0.878. The number of aryl methyl sites for hydroxylation is 1. The third-order valence-corrected chi connectivity index (χ3v) is 3.30. The lowest BCUT2D eigenvalue weighted by Crippen LogP contribution is -2.10. The number of nitrogens with zero attached hydrogens (tertiary/aromatic N) is 3. The normalized spacial score (nSPS) is 12.4. The van der Waals surface area contributed by atoms with Crippen LogP contribution in [0.2, 0.25) is 0 Å². The predicted molar refractivity (Wildman–Crippen MR) is 78.7 cm³/mol. The lowest BCUT2D eigenvalue weighted by Gasteiger charge is -2.09. The van der Waals surface area contributed by atoms with E-state index in [1.165, 1.54) is 5.56 Å². The second-order valence-electron chi connectivity index (χ2n) is 5.05. The average Bonchev–Trinajstić information content (AvgIpc) is 2.88. The molecule has 108 valence electrons. The van der Waals surface area contributed by atoms with Crippen molar-refractivity contribution >= 4 is 0 Å². The van der Waals surface area contributed by atoms with Crippen molar-refractivity contribution in [3.63, 3.8) is 0 Å². The second-order valence-corrected chi connectivity index (χ2v) is 5.05. The van der Waals surface area contributed by atoms with Crippen molar-refractivity contribution in [2.24, 2.45) is 5.73 Å². The summed E-state index contributed by atoms with van der Waals surface area (Å²) in [6.07, 6.45) is 3.88. The smallest absolute Gasteiger partial charge is 0.123 e. The van der Waals surface area contributed by atoms with Gasteiger partial charge in [0.25, 0.3) is 0 Å². The fourth-order valence-electron chi connectivity index (χ4n) is 2.22. The molecule has 0 aliphatic carbocycles. The average molecular weight is 274 g/mol. The maximum Gasteiger partial charge on any atom is 0.123 e. The van der Waals surface area contributed by atoms with Crippen molar-refractivity contribution in [3.8, 4) is 5.75 Å². The van der Waals surface area contributed by atoms with Crippen LogP contribution in [0.25, 0.3) is 0 Å². The summed E-state index contributed by atoms with van der Waals surface area (Å²) in [7, 11) is 1.68. The highest BCUT2D eigenvalue weighted by atomic mass is 16.5. The molecule has 0 fully saturated rings. The molecule has 0 radical (unpaired) electrons. The first-order chi connectivity index (χ1) is 9.63. The van der Waals surface area contributed by atoms with Crippen LogP contribution in [0.3, 0.4) is 0 Å². The molecule has 5 heteroatoms. The summed E-state index contributed by atoms with van der Waals surface area (Å²) < 4.78 is 7.19. The Labute approximate surface area is 119 Å². The van der Waals surface area contributed by atoms with Crippen molar-refractivity contribution < 1.29 is 4.74 Å². The van der Waals surface area contributed by atoms with Crippen molar-refractivity contribution in [2.75, 3.05) is 7.11 Å². The van der Waals surface area contributed by atoms with Crippen LogP contribution in [-0.4, -0.2) is 22.1 Å². The van der Waals surface area contributed by atoms with Crippen molar-refractivity contribution in [3.05, 3.63) is 41.2 Å². The van der Waals surface area contributed by atoms with Gasteiger partial charge in [0.2, 0.25) is 0 Å². The van der Waals surface area contributed by atoms with Gasteiger partial charge in [0.1, 0.15) is 5.75 Å². The molecule has 1 aromatic heterocycles. The number of hydrogen-bond acceptors (Lipinski definition) is 4. The van der Waals surface area contributed by atoms with Gasteiger partial charge in [-0.2, -0.15) is 0 Å². The molecule has 2 aromatic rings. The summed E-state index contributed by atoms with van der Waals surface area (Å²) in [5, 5.41) is 8.31. The Morgan fingerprint density at radius 1 is 1.40 bits per heavy atom. The number of nitrogens with two attached hydrogens (primary N) is 1. The Morgan fingerprint density at radius 2 is 2.20 bits per heavy atom. The zero-order valence-corrected chi connectivity index (χ0v) is 12.3. The largest absolute Gasteiger partial charge is 0.496 e. The Balaban J connectivity index is 2.16. The first-order valence-corrected chi connectivity index (χ1v) is 6.93. The van der Waals surface area contributed by atoms with Gasteiger partial charge in [-0.25, -0.2) is 4.68 Å². The topological polar surface area (TPSA) is 66.0 Å². The zero-order valence-electron chi connectivity index (χ0n) is 12.3. The van der Waals surface area contributed by atoms with E-state index < -0.39 is 0 Å². The summed E-state index contributed by atoms with van der Waals surface area (Å²) in [5.74, 6) is 0.866. The molecule has 0 saturated heterocycles. The molecular formula is C15H22N4O. The van der Waals surface area contributed by atoms with E-state index in [-0.39, 0.29) is 6.04 Å². The van der Waals surface area contributed by atoms with Crippen LogP contribution in [0.1, 0.15) is 42.6 Å². The van der Waals surface area contributed by atoms with Gasteiger partial charge >= 0.3 is 0 Å². The fourth-order valence-corrected chi connectivity index (χ4v) is 2.22. The van der Waals surface area contributed by atoms with Crippen LogP contribution in [-0.2, 0) is 6.54 Å². The Kier molecular flexibility index (Phi) is 4.74. The van der Waals surface area contributed by atoms with E-state index in [2.05, 4.69) is 30.2 Å². The molecule has 0 saturated carbocycles. The summed E-state index contributed by atoms with van der Waals surface area (Å²) >= 11 is 0. The van der Waals surface area contributed by atoms with Crippen LogP contribution in [0.5, 0.6) is 5.75 Å². The van der Waals surface area contributed by atoms with Crippen LogP contribution < -0.4 is 10.5 Å². The van der Waals surface area contributed by atoms with Gasteiger partial charge in [0, 0.05) is 5.56 Å². The molecule has 5 nitrogen and oxygen atoms in total. The van der Waals surface area contributed by atoms with E-state index in [0.717, 1.165) is 29.8 Å². The summed E-state index contributed by atoms with van der Waals surface area (Å²) in [6, 6.07) is 6.08. The van der Waals surface area contributed by atoms with E-state index in [0.29, 0.717) is 6.54 Å². The molecule has 1 heterocycles. The first kappa shape index (κ1) is 14.5. The van der Waals surface area contributed by atoms with Gasteiger partial charge in [-0.3, -0.25) is 0 Å². The monoisotopic (exact) mass is 274 g/mol. The van der Waals surface area contributed by atoms with Gasteiger partial charge < -0.3 is 10.5 Å². The fraction of sp³-hybridized carbons (Fsp3) is 0.467. The van der Waals surface area contributed by atoms with Gasteiger partial charge in [-0.15, -0.1) is 5.10 Å². The molecule has 2 N–H and O–H groups in total. The number of methoxy groups -OCH3 is 1. The van der Waals surface area contributed by atoms with E-state index in [9.17, 15) is 0 Å². The zero-order chi connectivity index (χ0) is 14.5. The number of benzene rings is 1.